The summed E-state index contributed by atoms with van der Waals surface area (Å²) in [7, 11) is 0. The molecule has 1 N–H and O–H groups in total. The standard InChI is InChI=1S/C15H27NO2/c1-4-5-15(14(17)18)6-7-16(10-15)13-8-12(9-13)11(2)3/h11-13H,4-10H2,1-3H3,(H,17,18). The molecule has 1 atom stereocenters. The van der Waals surface area contributed by atoms with Gasteiger partial charge in [-0.1, -0.05) is 27.2 Å². The molecular weight excluding hydrogens is 226 g/mol. The van der Waals surface area contributed by atoms with Gasteiger partial charge in [0.05, 0.1) is 5.41 Å². The first kappa shape index (κ1) is 13.9. The summed E-state index contributed by atoms with van der Waals surface area (Å²) >= 11 is 0. The van der Waals surface area contributed by atoms with Gasteiger partial charge in [0, 0.05) is 12.6 Å². The Morgan fingerprint density at radius 3 is 2.61 bits per heavy atom. The third-order valence-corrected chi connectivity index (χ3v) is 5.17. The van der Waals surface area contributed by atoms with Crippen LogP contribution in [0.15, 0.2) is 0 Å². The van der Waals surface area contributed by atoms with Gasteiger partial charge < -0.3 is 5.11 Å². The highest BCUT2D eigenvalue weighted by atomic mass is 16.4. The molecule has 0 aromatic heterocycles. The van der Waals surface area contributed by atoms with E-state index >= 15 is 0 Å². The second-order valence-corrected chi connectivity index (χ2v) is 6.69. The number of hydrogen-bond acceptors (Lipinski definition) is 2. The van der Waals surface area contributed by atoms with Gasteiger partial charge in [0.2, 0.25) is 0 Å². The SMILES string of the molecule is CCCC1(C(=O)O)CCN(C2CC(C(C)C)C2)C1. The molecule has 1 aliphatic carbocycles. The van der Waals surface area contributed by atoms with Crippen LogP contribution in [0.25, 0.3) is 0 Å². The predicted octanol–water partition coefficient (Wildman–Crippen LogP) is 3.00. The zero-order valence-corrected chi connectivity index (χ0v) is 12.0. The van der Waals surface area contributed by atoms with Gasteiger partial charge in [0.15, 0.2) is 0 Å². The predicted molar refractivity (Wildman–Crippen MR) is 72.5 cm³/mol. The molecule has 2 rings (SSSR count). The van der Waals surface area contributed by atoms with Crippen LogP contribution in [0.3, 0.4) is 0 Å². The Morgan fingerprint density at radius 2 is 2.11 bits per heavy atom. The Hall–Kier alpha value is -0.570. The average Bonchev–Trinajstić information content (AvgIpc) is 2.61. The van der Waals surface area contributed by atoms with Crippen LogP contribution in [0.1, 0.15) is 52.9 Å². The van der Waals surface area contributed by atoms with E-state index in [1.54, 1.807) is 0 Å². The number of hydrogen-bond donors (Lipinski definition) is 1. The van der Waals surface area contributed by atoms with Crippen molar-refractivity contribution in [1.29, 1.82) is 0 Å². The lowest BCUT2D eigenvalue weighted by molar-refractivity contribution is -0.149. The van der Waals surface area contributed by atoms with Gasteiger partial charge in [-0.3, -0.25) is 9.69 Å². The quantitative estimate of drug-likeness (QED) is 0.819. The minimum Gasteiger partial charge on any atom is -0.481 e. The van der Waals surface area contributed by atoms with E-state index in [-0.39, 0.29) is 0 Å². The van der Waals surface area contributed by atoms with E-state index in [2.05, 4.69) is 25.7 Å². The van der Waals surface area contributed by atoms with E-state index in [1.807, 2.05) is 0 Å². The van der Waals surface area contributed by atoms with Crippen molar-refractivity contribution in [3.8, 4) is 0 Å². The minimum absolute atomic E-state index is 0.447. The van der Waals surface area contributed by atoms with Crippen molar-refractivity contribution in [2.75, 3.05) is 13.1 Å². The zero-order chi connectivity index (χ0) is 13.3. The second kappa shape index (κ2) is 5.20. The Morgan fingerprint density at radius 1 is 1.44 bits per heavy atom. The fraction of sp³-hybridized carbons (Fsp3) is 0.933. The molecule has 1 unspecified atom stereocenters. The lowest BCUT2D eigenvalue weighted by Gasteiger charge is -2.43. The highest BCUT2D eigenvalue weighted by Crippen LogP contribution is 2.43. The van der Waals surface area contributed by atoms with Crippen LogP contribution in [0.2, 0.25) is 0 Å². The molecule has 1 saturated carbocycles. The number of nitrogens with zero attached hydrogens (tertiary/aromatic N) is 1. The highest BCUT2D eigenvalue weighted by Gasteiger charge is 2.47. The topological polar surface area (TPSA) is 40.5 Å². The van der Waals surface area contributed by atoms with E-state index in [0.29, 0.717) is 6.04 Å². The van der Waals surface area contributed by atoms with Crippen molar-refractivity contribution in [2.24, 2.45) is 17.3 Å². The molecule has 0 radical (unpaired) electrons. The van der Waals surface area contributed by atoms with E-state index < -0.39 is 11.4 Å². The largest absolute Gasteiger partial charge is 0.481 e. The molecule has 0 amide bonds. The van der Waals surface area contributed by atoms with Crippen molar-refractivity contribution in [1.82, 2.24) is 4.90 Å². The van der Waals surface area contributed by atoms with Gasteiger partial charge in [-0.15, -0.1) is 0 Å². The van der Waals surface area contributed by atoms with Crippen LogP contribution in [0.5, 0.6) is 0 Å². The maximum absolute atomic E-state index is 11.5. The summed E-state index contributed by atoms with van der Waals surface area (Å²) in [6.07, 6.45) is 5.20. The second-order valence-electron chi connectivity index (χ2n) is 6.69. The third-order valence-electron chi connectivity index (χ3n) is 5.17. The number of likely N-dealkylation sites (tertiary alicyclic amines) is 1. The van der Waals surface area contributed by atoms with Crippen LogP contribution in [0.4, 0.5) is 0 Å². The Labute approximate surface area is 111 Å². The van der Waals surface area contributed by atoms with E-state index in [9.17, 15) is 9.90 Å². The van der Waals surface area contributed by atoms with Gasteiger partial charge in [-0.25, -0.2) is 0 Å². The number of carbonyl (C=O) groups is 1. The Bertz CT molecular complexity index is 310. The van der Waals surface area contributed by atoms with Gasteiger partial charge in [0.1, 0.15) is 0 Å². The van der Waals surface area contributed by atoms with E-state index in [0.717, 1.165) is 44.2 Å². The lowest BCUT2D eigenvalue weighted by Crippen LogP contribution is -2.46. The lowest BCUT2D eigenvalue weighted by atomic mass is 9.73. The molecule has 2 aliphatic rings. The number of rotatable bonds is 5. The van der Waals surface area contributed by atoms with Crippen molar-refractivity contribution >= 4 is 5.97 Å². The van der Waals surface area contributed by atoms with E-state index in [4.69, 9.17) is 0 Å². The zero-order valence-electron chi connectivity index (χ0n) is 12.0. The maximum atomic E-state index is 11.5. The Balaban J connectivity index is 1.90. The first-order valence-corrected chi connectivity index (χ1v) is 7.46. The molecule has 104 valence electrons. The van der Waals surface area contributed by atoms with Gasteiger partial charge >= 0.3 is 5.97 Å². The maximum Gasteiger partial charge on any atom is 0.310 e. The first-order chi connectivity index (χ1) is 8.48. The van der Waals surface area contributed by atoms with Gasteiger partial charge in [0.25, 0.3) is 0 Å². The monoisotopic (exact) mass is 253 g/mol. The molecule has 3 heteroatoms. The molecule has 1 aliphatic heterocycles. The number of carboxylic acids is 1. The average molecular weight is 253 g/mol. The summed E-state index contributed by atoms with van der Waals surface area (Å²) in [4.78, 5) is 14.0. The highest BCUT2D eigenvalue weighted by molar-refractivity contribution is 5.75. The summed E-state index contributed by atoms with van der Waals surface area (Å²) in [5.74, 6) is 1.07. The Kier molecular flexibility index (Phi) is 4.00. The summed E-state index contributed by atoms with van der Waals surface area (Å²) in [5, 5.41) is 9.50. The minimum atomic E-state index is -0.577. The molecule has 18 heavy (non-hydrogen) atoms. The molecule has 0 bridgehead atoms. The van der Waals surface area contributed by atoms with Gasteiger partial charge in [-0.05, 0) is 44.1 Å². The van der Waals surface area contributed by atoms with Crippen molar-refractivity contribution in [3.63, 3.8) is 0 Å². The summed E-state index contributed by atoms with van der Waals surface area (Å²) in [6, 6.07) is 0.662. The number of aliphatic carboxylic acids is 1. The van der Waals surface area contributed by atoms with Crippen LogP contribution in [-0.2, 0) is 4.79 Å². The molecule has 0 aromatic carbocycles. The van der Waals surface area contributed by atoms with Crippen molar-refractivity contribution in [3.05, 3.63) is 0 Å². The van der Waals surface area contributed by atoms with Crippen LogP contribution in [-0.4, -0.2) is 35.1 Å². The molecule has 1 saturated heterocycles. The molecular formula is C15H27NO2. The normalized spacial score (nSPS) is 36.9. The third kappa shape index (κ3) is 2.42. The van der Waals surface area contributed by atoms with Crippen molar-refractivity contribution < 1.29 is 9.90 Å². The smallest absolute Gasteiger partial charge is 0.310 e. The molecule has 2 fully saturated rings. The number of carboxylic acid groups (broad SMARTS) is 1. The molecule has 0 aromatic rings. The van der Waals surface area contributed by atoms with Crippen LogP contribution < -0.4 is 0 Å². The molecule has 0 spiro atoms. The summed E-state index contributed by atoms with van der Waals surface area (Å²) in [5.41, 5.74) is -0.447. The van der Waals surface area contributed by atoms with Crippen molar-refractivity contribution in [2.45, 2.75) is 58.9 Å². The first-order valence-electron chi connectivity index (χ1n) is 7.46. The van der Waals surface area contributed by atoms with Crippen LogP contribution >= 0.6 is 0 Å². The fourth-order valence-electron chi connectivity index (χ4n) is 3.65. The fourth-order valence-corrected chi connectivity index (χ4v) is 3.65. The molecule has 3 nitrogen and oxygen atoms in total. The van der Waals surface area contributed by atoms with Crippen LogP contribution in [0, 0.1) is 17.3 Å². The summed E-state index contributed by atoms with van der Waals surface area (Å²) < 4.78 is 0. The van der Waals surface area contributed by atoms with E-state index in [1.165, 1.54) is 12.8 Å². The van der Waals surface area contributed by atoms with Gasteiger partial charge in [-0.2, -0.15) is 0 Å². The summed E-state index contributed by atoms with van der Waals surface area (Å²) in [6.45, 7) is 8.45. The molecule has 1 heterocycles.